The van der Waals surface area contributed by atoms with Gasteiger partial charge in [-0.2, -0.15) is 0 Å². The molecular formula is C14H25NO4. The number of rotatable bonds is 9. The summed E-state index contributed by atoms with van der Waals surface area (Å²) in [6.45, 7) is 2.58. The summed E-state index contributed by atoms with van der Waals surface area (Å²) in [6, 6.07) is 0. The third kappa shape index (κ3) is 4.26. The predicted molar refractivity (Wildman–Crippen MR) is 73.7 cm³/mol. The van der Waals surface area contributed by atoms with Gasteiger partial charge in [0.15, 0.2) is 0 Å². The van der Waals surface area contributed by atoms with Gasteiger partial charge in [-0.15, -0.1) is 0 Å². The zero-order valence-electron chi connectivity index (χ0n) is 11.6. The van der Waals surface area contributed by atoms with E-state index in [0.29, 0.717) is 6.54 Å². The topological polar surface area (TPSA) is 85.9 Å². The predicted octanol–water partition coefficient (Wildman–Crippen LogP) is 3.45. The second-order valence-corrected chi connectivity index (χ2v) is 4.97. The SMILES string of the molecule is CCCCCCCCCCn1c(O)c(O)c(O)c1O. The van der Waals surface area contributed by atoms with Gasteiger partial charge in [0.2, 0.25) is 23.3 Å². The minimum atomic E-state index is -0.655. The van der Waals surface area contributed by atoms with E-state index in [4.69, 9.17) is 0 Å². The summed E-state index contributed by atoms with van der Waals surface area (Å²) in [5.41, 5.74) is 0. The van der Waals surface area contributed by atoms with Crippen molar-refractivity contribution in [3.8, 4) is 23.3 Å². The Labute approximate surface area is 114 Å². The summed E-state index contributed by atoms with van der Waals surface area (Å²) in [6.07, 6.45) is 9.23. The number of nitrogens with zero attached hydrogens (tertiary/aromatic N) is 1. The summed E-state index contributed by atoms with van der Waals surface area (Å²) >= 11 is 0. The lowest BCUT2D eigenvalue weighted by molar-refractivity contribution is 0.344. The fourth-order valence-electron chi connectivity index (χ4n) is 2.18. The summed E-state index contributed by atoms with van der Waals surface area (Å²) < 4.78 is 1.13. The van der Waals surface area contributed by atoms with Crippen LogP contribution in [0.2, 0.25) is 0 Å². The average molecular weight is 271 g/mol. The Kier molecular flexibility index (Phi) is 6.39. The van der Waals surface area contributed by atoms with Crippen molar-refractivity contribution in [1.82, 2.24) is 4.57 Å². The van der Waals surface area contributed by atoms with Gasteiger partial charge in [0, 0.05) is 6.54 Å². The minimum absolute atomic E-state index is 0.390. The van der Waals surface area contributed by atoms with Crippen molar-refractivity contribution >= 4 is 0 Å². The Bertz CT molecular complexity index is 362. The molecule has 0 aromatic carbocycles. The van der Waals surface area contributed by atoms with Crippen LogP contribution in [0.3, 0.4) is 0 Å². The molecule has 0 atom stereocenters. The molecule has 0 fully saturated rings. The molecule has 0 unspecified atom stereocenters. The maximum absolute atomic E-state index is 9.49. The van der Waals surface area contributed by atoms with Crippen LogP contribution in [-0.4, -0.2) is 25.0 Å². The Hall–Kier alpha value is -1.52. The highest BCUT2D eigenvalue weighted by atomic mass is 16.4. The van der Waals surface area contributed by atoms with Gasteiger partial charge in [-0.25, -0.2) is 0 Å². The fourth-order valence-corrected chi connectivity index (χ4v) is 2.18. The third-order valence-electron chi connectivity index (χ3n) is 3.39. The van der Waals surface area contributed by atoms with E-state index in [-0.39, 0.29) is 0 Å². The van der Waals surface area contributed by atoms with Crippen LogP contribution in [0, 0.1) is 0 Å². The third-order valence-corrected chi connectivity index (χ3v) is 3.39. The molecule has 0 saturated heterocycles. The van der Waals surface area contributed by atoms with Crippen molar-refractivity contribution in [2.75, 3.05) is 0 Å². The van der Waals surface area contributed by atoms with Gasteiger partial charge in [-0.05, 0) is 6.42 Å². The van der Waals surface area contributed by atoms with Crippen molar-refractivity contribution in [2.45, 2.75) is 64.8 Å². The molecule has 0 aliphatic heterocycles. The zero-order valence-corrected chi connectivity index (χ0v) is 11.6. The summed E-state index contributed by atoms with van der Waals surface area (Å²) in [4.78, 5) is 0. The highest BCUT2D eigenvalue weighted by molar-refractivity contribution is 5.54. The minimum Gasteiger partial charge on any atom is -0.500 e. The largest absolute Gasteiger partial charge is 0.500 e. The van der Waals surface area contributed by atoms with E-state index in [0.717, 1.165) is 23.8 Å². The van der Waals surface area contributed by atoms with Crippen molar-refractivity contribution in [3.05, 3.63) is 0 Å². The second kappa shape index (κ2) is 7.81. The molecule has 1 aromatic rings. The molecule has 5 nitrogen and oxygen atoms in total. The van der Waals surface area contributed by atoms with E-state index >= 15 is 0 Å². The molecule has 1 rings (SSSR count). The molecule has 0 saturated carbocycles. The molecule has 1 aromatic heterocycles. The van der Waals surface area contributed by atoms with E-state index < -0.39 is 23.3 Å². The van der Waals surface area contributed by atoms with Gasteiger partial charge >= 0.3 is 0 Å². The number of aromatic nitrogens is 1. The van der Waals surface area contributed by atoms with Crippen molar-refractivity contribution in [2.24, 2.45) is 0 Å². The van der Waals surface area contributed by atoms with Crippen molar-refractivity contribution in [3.63, 3.8) is 0 Å². The summed E-state index contributed by atoms with van der Waals surface area (Å²) in [5.74, 6) is -2.26. The lowest BCUT2D eigenvalue weighted by Gasteiger charge is -2.06. The Morgan fingerprint density at radius 1 is 0.684 bits per heavy atom. The molecule has 0 amide bonds. The first kappa shape index (κ1) is 15.5. The number of unbranched alkanes of at least 4 members (excludes halogenated alkanes) is 7. The van der Waals surface area contributed by atoms with Crippen molar-refractivity contribution in [1.29, 1.82) is 0 Å². The smallest absolute Gasteiger partial charge is 0.241 e. The van der Waals surface area contributed by atoms with E-state index in [1.165, 1.54) is 32.1 Å². The molecule has 5 heteroatoms. The Balaban J connectivity index is 2.21. The molecule has 110 valence electrons. The van der Waals surface area contributed by atoms with Crippen LogP contribution in [0.25, 0.3) is 0 Å². The van der Waals surface area contributed by atoms with Crippen LogP contribution < -0.4 is 0 Å². The molecule has 0 aliphatic carbocycles. The van der Waals surface area contributed by atoms with E-state index in [2.05, 4.69) is 6.92 Å². The van der Waals surface area contributed by atoms with Gasteiger partial charge in [0.05, 0.1) is 0 Å². The molecule has 0 bridgehead atoms. The Morgan fingerprint density at radius 3 is 1.58 bits per heavy atom. The van der Waals surface area contributed by atoms with Gasteiger partial charge in [0.25, 0.3) is 0 Å². The number of hydrogen-bond acceptors (Lipinski definition) is 4. The van der Waals surface area contributed by atoms with Crippen LogP contribution in [0.4, 0.5) is 0 Å². The first-order valence-electron chi connectivity index (χ1n) is 7.11. The molecule has 19 heavy (non-hydrogen) atoms. The highest BCUT2D eigenvalue weighted by Gasteiger charge is 2.20. The highest BCUT2D eigenvalue weighted by Crippen LogP contribution is 2.45. The van der Waals surface area contributed by atoms with Crippen LogP contribution in [0.1, 0.15) is 58.3 Å². The van der Waals surface area contributed by atoms with Crippen LogP contribution in [-0.2, 0) is 6.54 Å². The monoisotopic (exact) mass is 271 g/mol. The molecule has 0 radical (unpaired) electrons. The normalized spacial score (nSPS) is 11.0. The summed E-state index contributed by atoms with van der Waals surface area (Å²) in [7, 11) is 0. The molecule has 4 N–H and O–H groups in total. The van der Waals surface area contributed by atoms with Gasteiger partial charge in [-0.1, -0.05) is 51.9 Å². The van der Waals surface area contributed by atoms with Crippen molar-refractivity contribution < 1.29 is 20.4 Å². The second-order valence-electron chi connectivity index (χ2n) is 4.97. The number of hydrogen-bond donors (Lipinski definition) is 4. The van der Waals surface area contributed by atoms with Gasteiger partial charge in [-0.3, -0.25) is 4.57 Å². The first-order valence-corrected chi connectivity index (χ1v) is 7.11. The molecule has 1 heterocycles. The van der Waals surface area contributed by atoms with Gasteiger partial charge in [0.1, 0.15) is 0 Å². The maximum Gasteiger partial charge on any atom is 0.241 e. The average Bonchev–Trinajstić information content (AvgIpc) is 2.59. The first-order chi connectivity index (χ1) is 9.09. The molecular weight excluding hydrogens is 246 g/mol. The van der Waals surface area contributed by atoms with Crippen LogP contribution >= 0.6 is 0 Å². The lowest BCUT2D eigenvalue weighted by atomic mass is 10.1. The molecule has 0 spiro atoms. The van der Waals surface area contributed by atoms with E-state index in [1.807, 2.05) is 0 Å². The van der Waals surface area contributed by atoms with Crippen LogP contribution in [0.15, 0.2) is 0 Å². The summed E-state index contributed by atoms with van der Waals surface area (Å²) in [5, 5.41) is 37.5. The van der Waals surface area contributed by atoms with Gasteiger partial charge < -0.3 is 20.4 Å². The fraction of sp³-hybridized carbons (Fsp3) is 0.714. The van der Waals surface area contributed by atoms with Crippen LogP contribution in [0.5, 0.6) is 23.3 Å². The lowest BCUT2D eigenvalue weighted by Crippen LogP contribution is -1.96. The standard InChI is InChI=1S/C14H25NO4/c1-2-3-4-5-6-7-8-9-10-15-13(18)11(16)12(17)14(15)19/h16-19H,2-10H2,1H3. The maximum atomic E-state index is 9.49. The van der Waals surface area contributed by atoms with E-state index in [9.17, 15) is 20.4 Å². The quantitative estimate of drug-likeness (QED) is 0.518. The molecule has 0 aliphatic rings. The van der Waals surface area contributed by atoms with E-state index in [1.54, 1.807) is 0 Å². The zero-order chi connectivity index (χ0) is 14.3. The number of aromatic hydroxyl groups is 4. The Morgan fingerprint density at radius 2 is 1.11 bits per heavy atom.